The van der Waals surface area contributed by atoms with E-state index in [0.29, 0.717) is 6.54 Å². The summed E-state index contributed by atoms with van der Waals surface area (Å²) >= 11 is 0. The van der Waals surface area contributed by atoms with E-state index >= 15 is 0 Å². The molecule has 104 valence electrons. The van der Waals surface area contributed by atoms with Gasteiger partial charge in [0, 0.05) is 12.6 Å². The molecule has 0 saturated carbocycles. The van der Waals surface area contributed by atoms with Gasteiger partial charge in [-0.05, 0) is 37.5 Å². The molecule has 0 spiro atoms. The molecule has 0 aromatic heterocycles. The standard InChI is InChI=1S/C15H22N2O2/c1-5-17-12-8-11(10(4)16)6-7-13(12)19-14(9(2)3)15(17)18/h6-10,14H,5,16H2,1-4H3. The molecule has 2 atom stereocenters. The molecule has 0 saturated heterocycles. The highest BCUT2D eigenvalue weighted by Crippen LogP contribution is 2.37. The van der Waals surface area contributed by atoms with Gasteiger partial charge in [0.15, 0.2) is 6.10 Å². The Morgan fingerprint density at radius 2 is 2.05 bits per heavy atom. The van der Waals surface area contributed by atoms with Crippen LogP contribution in [-0.2, 0) is 4.79 Å². The molecule has 1 aromatic carbocycles. The van der Waals surface area contributed by atoms with E-state index in [4.69, 9.17) is 10.5 Å². The molecule has 4 nitrogen and oxygen atoms in total. The quantitative estimate of drug-likeness (QED) is 0.910. The number of carbonyl (C=O) groups excluding carboxylic acids is 1. The van der Waals surface area contributed by atoms with Crippen LogP contribution in [0.15, 0.2) is 18.2 Å². The SMILES string of the molecule is CCN1C(=O)C(C(C)C)Oc2ccc(C(C)N)cc21. The van der Waals surface area contributed by atoms with E-state index in [1.54, 1.807) is 4.90 Å². The summed E-state index contributed by atoms with van der Waals surface area (Å²) in [6.45, 7) is 8.54. The summed E-state index contributed by atoms with van der Waals surface area (Å²) in [7, 11) is 0. The van der Waals surface area contributed by atoms with Gasteiger partial charge in [0.2, 0.25) is 0 Å². The minimum Gasteiger partial charge on any atom is -0.478 e. The lowest BCUT2D eigenvalue weighted by molar-refractivity contribution is -0.128. The van der Waals surface area contributed by atoms with Gasteiger partial charge in [-0.3, -0.25) is 4.79 Å². The lowest BCUT2D eigenvalue weighted by Gasteiger charge is -2.35. The first kappa shape index (κ1) is 13.9. The van der Waals surface area contributed by atoms with Gasteiger partial charge in [0.25, 0.3) is 5.91 Å². The third-order valence-corrected chi connectivity index (χ3v) is 3.48. The van der Waals surface area contributed by atoms with Crippen LogP contribution in [0.1, 0.15) is 39.3 Å². The van der Waals surface area contributed by atoms with Gasteiger partial charge in [-0.15, -0.1) is 0 Å². The van der Waals surface area contributed by atoms with Crippen LogP contribution in [0.3, 0.4) is 0 Å². The Morgan fingerprint density at radius 3 is 2.58 bits per heavy atom. The van der Waals surface area contributed by atoms with E-state index in [2.05, 4.69) is 0 Å². The van der Waals surface area contributed by atoms with Crippen molar-refractivity contribution in [2.75, 3.05) is 11.4 Å². The lowest BCUT2D eigenvalue weighted by Crippen LogP contribution is -2.48. The van der Waals surface area contributed by atoms with Crippen LogP contribution in [0, 0.1) is 5.92 Å². The molecule has 1 aromatic rings. The molecule has 2 N–H and O–H groups in total. The first-order valence-electron chi connectivity index (χ1n) is 6.83. The Labute approximate surface area is 114 Å². The largest absolute Gasteiger partial charge is 0.478 e. The number of hydrogen-bond donors (Lipinski definition) is 1. The molecule has 4 heteroatoms. The second-order valence-electron chi connectivity index (χ2n) is 5.38. The minimum atomic E-state index is -0.395. The summed E-state index contributed by atoms with van der Waals surface area (Å²) in [5.74, 6) is 0.958. The predicted molar refractivity (Wildman–Crippen MR) is 76.3 cm³/mol. The molecule has 1 aliphatic heterocycles. The zero-order chi connectivity index (χ0) is 14.2. The van der Waals surface area contributed by atoms with Gasteiger partial charge in [0.1, 0.15) is 5.75 Å². The zero-order valence-corrected chi connectivity index (χ0v) is 12.0. The summed E-state index contributed by atoms with van der Waals surface area (Å²) in [4.78, 5) is 14.2. The van der Waals surface area contributed by atoms with Gasteiger partial charge in [-0.25, -0.2) is 0 Å². The first-order valence-corrected chi connectivity index (χ1v) is 6.83. The van der Waals surface area contributed by atoms with Gasteiger partial charge >= 0.3 is 0 Å². The minimum absolute atomic E-state index is 0.0341. The Bertz CT molecular complexity index is 483. The lowest BCUT2D eigenvalue weighted by atomic mass is 10.0. The molecule has 2 unspecified atom stereocenters. The monoisotopic (exact) mass is 262 g/mol. The van der Waals surface area contributed by atoms with E-state index in [0.717, 1.165) is 17.0 Å². The number of hydrogen-bond acceptors (Lipinski definition) is 3. The number of rotatable bonds is 3. The van der Waals surface area contributed by atoms with Crippen LogP contribution >= 0.6 is 0 Å². The number of ether oxygens (including phenoxy) is 1. The molecule has 1 aliphatic rings. The zero-order valence-electron chi connectivity index (χ0n) is 12.0. The first-order chi connectivity index (χ1) is 8.95. The average Bonchev–Trinajstić information content (AvgIpc) is 2.37. The Morgan fingerprint density at radius 1 is 1.37 bits per heavy atom. The van der Waals surface area contributed by atoms with E-state index in [1.807, 2.05) is 45.9 Å². The maximum Gasteiger partial charge on any atom is 0.268 e. The van der Waals surface area contributed by atoms with Gasteiger partial charge < -0.3 is 15.4 Å². The smallest absolute Gasteiger partial charge is 0.268 e. The number of nitrogens with two attached hydrogens (primary N) is 1. The molecule has 2 rings (SSSR count). The highest BCUT2D eigenvalue weighted by molar-refractivity contribution is 6.00. The number of carbonyl (C=O) groups is 1. The van der Waals surface area contributed by atoms with Crippen molar-refractivity contribution in [3.05, 3.63) is 23.8 Å². The third-order valence-electron chi connectivity index (χ3n) is 3.48. The van der Waals surface area contributed by atoms with E-state index in [9.17, 15) is 4.79 Å². The van der Waals surface area contributed by atoms with Crippen molar-refractivity contribution in [2.45, 2.75) is 39.8 Å². The topological polar surface area (TPSA) is 55.6 Å². The third kappa shape index (κ3) is 2.45. The number of amides is 1. The van der Waals surface area contributed by atoms with Crippen LogP contribution in [0.4, 0.5) is 5.69 Å². The van der Waals surface area contributed by atoms with E-state index in [-0.39, 0.29) is 17.9 Å². The fraction of sp³-hybridized carbons (Fsp3) is 0.533. The number of anilines is 1. The fourth-order valence-corrected chi connectivity index (χ4v) is 2.34. The second-order valence-corrected chi connectivity index (χ2v) is 5.38. The normalized spacial score (nSPS) is 20.2. The number of fused-ring (bicyclic) bond motifs is 1. The number of benzene rings is 1. The van der Waals surface area contributed by atoms with Gasteiger partial charge in [-0.2, -0.15) is 0 Å². The number of likely N-dealkylation sites (N-methyl/N-ethyl adjacent to an activating group) is 1. The highest BCUT2D eigenvalue weighted by atomic mass is 16.5. The van der Waals surface area contributed by atoms with Crippen LogP contribution in [0.5, 0.6) is 5.75 Å². The van der Waals surface area contributed by atoms with Crippen LogP contribution in [0.25, 0.3) is 0 Å². The Balaban J connectivity index is 2.46. The summed E-state index contributed by atoms with van der Waals surface area (Å²) in [6, 6.07) is 5.78. The maximum atomic E-state index is 12.4. The van der Waals surface area contributed by atoms with Crippen molar-refractivity contribution >= 4 is 11.6 Å². The summed E-state index contributed by atoms with van der Waals surface area (Å²) in [5.41, 5.74) is 7.74. The van der Waals surface area contributed by atoms with Crippen molar-refractivity contribution < 1.29 is 9.53 Å². The van der Waals surface area contributed by atoms with E-state index in [1.165, 1.54) is 0 Å². The molecule has 0 aliphatic carbocycles. The summed E-state index contributed by atoms with van der Waals surface area (Å²) in [6.07, 6.45) is -0.395. The van der Waals surface area contributed by atoms with Crippen LogP contribution in [-0.4, -0.2) is 18.6 Å². The van der Waals surface area contributed by atoms with Gasteiger partial charge in [-0.1, -0.05) is 19.9 Å². The molecule has 0 radical (unpaired) electrons. The van der Waals surface area contributed by atoms with Crippen LogP contribution in [0.2, 0.25) is 0 Å². The second kappa shape index (κ2) is 5.21. The average molecular weight is 262 g/mol. The molecule has 0 bridgehead atoms. The van der Waals surface area contributed by atoms with Crippen LogP contribution < -0.4 is 15.4 Å². The molecule has 1 heterocycles. The maximum absolute atomic E-state index is 12.4. The highest BCUT2D eigenvalue weighted by Gasteiger charge is 2.35. The Kier molecular flexibility index (Phi) is 3.80. The summed E-state index contributed by atoms with van der Waals surface area (Å²) in [5, 5.41) is 0. The molecule has 0 fully saturated rings. The van der Waals surface area contributed by atoms with Crippen molar-refractivity contribution in [1.82, 2.24) is 0 Å². The van der Waals surface area contributed by atoms with Crippen molar-refractivity contribution in [3.63, 3.8) is 0 Å². The van der Waals surface area contributed by atoms with Gasteiger partial charge in [0.05, 0.1) is 5.69 Å². The predicted octanol–water partition coefficient (Wildman–Crippen LogP) is 2.48. The molecular weight excluding hydrogens is 240 g/mol. The van der Waals surface area contributed by atoms with E-state index < -0.39 is 6.10 Å². The molecular formula is C15H22N2O2. The number of nitrogens with zero attached hydrogens (tertiary/aromatic N) is 1. The Hall–Kier alpha value is -1.55. The van der Waals surface area contributed by atoms with Crippen molar-refractivity contribution in [2.24, 2.45) is 11.7 Å². The fourth-order valence-electron chi connectivity index (χ4n) is 2.34. The van der Waals surface area contributed by atoms with Crippen molar-refractivity contribution in [1.29, 1.82) is 0 Å². The molecule has 1 amide bonds. The summed E-state index contributed by atoms with van der Waals surface area (Å²) < 4.78 is 5.84. The molecule has 19 heavy (non-hydrogen) atoms. The van der Waals surface area contributed by atoms with Crippen molar-refractivity contribution in [3.8, 4) is 5.75 Å².